The number of hydrogen-bond acceptors (Lipinski definition) is 9. The highest BCUT2D eigenvalue weighted by Gasteiger charge is 2.20. The van der Waals surface area contributed by atoms with Crippen LogP contribution < -0.4 is 0 Å². The molecule has 0 aliphatic carbocycles. The van der Waals surface area contributed by atoms with Gasteiger partial charge in [0.25, 0.3) is 5.69 Å². The van der Waals surface area contributed by atoms with Gasteiger partial charge in [0.15, 0.2) is 11.0 Å². The van der Waals surface area contributed by atoms with Crippen molar-refractivity contribution in [3.8, 4) is 28.5 Å². The molecule has 0 radical (unpaired) electrons. The molecule has 0 unspecified atom stereocenters. The quantitative estimate of drug-likeness (QED) is 0.150. The Labute approximate surface area is 210 Å². The first-order chi connectivity index (χ1) is 17.5. The van der Waals surface area contributed by atoms with Crippen LogP contribution in [-0.2, 0) is 5.75 Å². The van der Waals surface area contributed by atoms with Crippen LogP contribution in [0.25, 0.3) is 28.5 Å². The van der Waals surface area contributed by atoms with Crippen LogP contribution in [0.15, 0.2) is 82.7 Å². The van der Waals surface area contributed by atoms with Gasteiger partial charge in [0, 0.05) is 35.7 Å². The molecule has 0 fully saturated rings. The third-order valence-electron chi connectivity index (χ3n) is 5.48. The summed E-state index contributed by atoms with van der Waals surface area (Å²) in [4.78, 5) is 19.1. The lowest BCUT2D eigenvalue weighted by Crippen LogP contribution is -2.05. The van der Waals surface area contributed by atoms with Crippen molar-refractivity contribution in [2.75, 3.05) is 0 Å². The van der Waals surface area contributed by atoms with Gasteiger partial charge in [-0.3, -0.25) is 19.7 Å². The summed E-state index contributed by atoms with van der Waals surface area (Å²) in [6.07, 6.45) is 3.49. The van der Waals surface area contributed by atoms with Crippen molar-refractivity contribution in [3.05, 3.63) is 94.6 Å². The van der Waals surface area contributed by atoms with E-state index in [0.717, 1.165) is 11.3 Å². The number of aromatic nitrogens is 6. The molecule has 0 aliphatic heterocycles. The zero-order valence-corrected chi connectivity index (χ0v) is 20.3. The van der Waals surface area contributed by atoms with E-state index in [9.17, 15) is 10.1 Å². The van der Waals surface area contributed by atoms with Gasteiger partial charge < -0.3 is 4.52 Å². The van der Waals surface area contributed by atoms with E-state index >= 15 is 0 Å². The van der Waals surface area contributed by atoms with Crippen molar-refractivity contribution < 1.29 is 9.45 Å². The summed E-state index contributed by atoms with van der Waals surface area (Å²) < 4.78 is 7.47. The molecule has 0 amide bonds. The van der Waals surface area contributed by atoms with Gasteiger partial charge in [-0.15, -0.1) is 10.2 Å². The first-order valence-electron chi connectivity index (χ1n) is 11.2. The van der Waals surface area contributed by atoms with Crippen molar-refractivity contribution in [3.63, 3.8) is 0 Å². The zero-order chi connectivity index (χ0) is 25.1. The largest absolute Gasteiger partial charge is 0.338 e. The Balaban J connectivity index is 1.45. The number of nitrogens with zero attached hydrogens (tertiary/aromatic N) is 7. The van der Waals surface area contributed by atoms with Gasteiger partial charge in [-0.05, 0) is 41.8 Å². The maximum atomic E-state index is 10.9. The van der Waals surface area contributed by atoms with E-state index in [1.54, 1.807) is 24.5 Å². The Morgan fingerprint density at radius 3 is 2.56 bits per heavy atom. The van der Waals surface area contributed by atoms with Gasteiger partial charge in [0.1, 0.15) is 0 Å². The van der Waals surface area contributed by atoms with Crippen molar-refractivity contribution in [1.29, 1.82) is 0 Å². The Bertz CT molecular complexity index is 1500. The first kappa shape index (κ1) is 23.4. The van der Waals surface area contributed by atoms with Gasteiger partial charge >= 0.3 is 0 Å². The lowest BCUT2D eigenvalue weighted by Gasteiger charge is -2.16. The van der Waals surface area contributed by atoms with Crippen LogP contribution in [0.2, 0.25) is 0 Å². The maximum absolute atomic E-state index is 10.9. The number of thioether (sulfide) groups is 1. The normalized spacial score (nSPS) is 11.2. The topological polar surface area (TPSA) is 126 Å². The second kappa shape index (κ2) is 10.1. The Hall–Kier alpha value is -4.38. The molecule has 2 aromatic carbocycles. The first-order valence-corrected chi connectivity index (χ1v) is 12.1. The second-order valence-corrected chi connectivity index (χ2v) is 9.14. The lowest BCUT2D eigenvalue weighted by atomic mass is 10.0. The molecule has 0 bridgehead atoms. The highest BCUT2D eigenvalue weighted by atomic mass is 32.2. The van der Waals surface area contributed by atoms with Gasteiger partial charge in [0.05, 0.1) is 16.4 Å². The SMILES string of the molecule is CC(C)c1ccccc1-n1c(SCc2nc(-c3ccc([N+](=O)[O-])cc3)no2)nnc1-c1cccnc1. The molecule has 0 atom stereocenters. The number of nitro groups is 1. The molecule has 0 aliphatic rings. The van der Waals surface area contributed by atoms with Gasteiger partial charge in [-0.2, -0.15) is 4.98 Å². The molecule has 11 heteroatoms. The summed E-state index contributed by atoms with van der Waals surface area (Å²) in [5.74, 6) is 2.12. The number of rotatable bonds is 8. The minimum absolute atomic E-state index is 0.00320. The molecular weight excluding hydrogens is 478 g/mol. The van der Waals surface area contributed by atoms with E-state index in [1.165, 1.54) is 29.5 Å². The zero-order valence-electron chi connectivity index (χ0n) is 19.5. The van der Waals surface area contributed by atoms with Crippen LogP contribution >= 0.6 is 11.8 Å². The minimum atomic E-state index is -0.449. The molecule has 36 heavy (non-hydrogen) atoms. The number of benzene rings is 2. The van der Waals surface area contributed by atoms with Crippen LogP contribution in [0.3, 0.4) is 0 Å². The average molecular weight is 500 g/mol. The van der Waals surface area contributed by atoms with Crippen molar-refractivity contribution in [2.45, 2.75) is 30.7 Å². The van der Waals surface area contributed by atoms with E-state index in [1.807, 2.05) is 28.8 Å². The van der Waals surface area contributed by atoms with E-state index in [2.05, 4.69) is 51.3 Å². The van der Waals surface area contributed by atoms with Crippen LogP contribution in [0.5, 0.6) is 0 Å². The molecular formula is C25H21N7O3S. The number of pyridine rings is 1. The summed E-state index contributed by atoms with van der Waals surface area (Å²) in [6.45, 7) is 4.30. The Morgan fingerprint density at radius 2 is 1.83 bits per heavy atom. The van der Waals surface area contributed by atoms with Gasteiger partial charge in [-0.1, -0.05) is 49.0 Å². The Kier molecular flexibility index (Phi) is 6.54. The summed E-state index contributed by atoms with van der Waals surface area (Å²) in [5, 5.41) is 24.5. The monoisotopic (exact) mass is 499 g/mol. The predicted octanol–water partition coefficient (Wildman–Crippen LogP) is 5.70. The molecule has 0 spiro atoms. The molecule has 3 heterocycles. The highest BCUT2D eigenvalue weighted by molar-refractivity contribution is 7.98. The number of hydrogen-bond donors (Lipinski definition) is 0. The molecule has 0 saturated heterocycles. The summed E-state index contributed by atoms with van der Waals surface area (Å²) in [6, 6.07) is 18.0. The van der Waals surface area contributed by atoms with Gasteiger partial charge in [0.2, 0.25) is 11.7 Å². The second-order valence-electron chi connectivity index (χ2n) is 8.20. The molecule has 5 rings (SSSR count). The van der Waals surface area contributed by atoms with E-state index in [4.69, 9.17) is 4.52 Å². The number of para-hydroxylation sites is 1. The molecule has 3 aromatic heterocycles. The highest BCUT2D eigenvalue weighted by Crippen LogP contribution is 2.33. The van der Waals surface area contributed by atoms with Gasteiger partial charge in [-0.25, -0.2) is 0 Å². The van der Waals surface area contributed by atoms with Crippen LogP contribution in [0, 0.1) is 10.1 Å². The average Bonchev–Trinajstić information content (AvgIpc) is 3.55. The fourth-order valence-electron chi connectivity index (χ4n) is 3.73. The standard InChI is InChI=1S/C25H21N7O3S/c1-16(2)20-7-3-4-8-21(20)31-24(18-6-5-13-26-14-18)28-29-25(31)36-15-22-27-23(30-35-22)17-9-11-19(12-10-17)32(33)34/h3-14,16H,15H2,1-2H3. The fraction of sp³-hybridized carbons (Fsp3) is 0.160. The van der Waals surface area contributed by atoms with Crippen LogP contribution in [0.4, 0.5) is 5.69 Å². The fourth-order valence-corrected chi connectivity index (χ4v) is 4.51. The van der Waals surface area contributed by atoms with E-state index < -0.39 is 4.92 Å². The van der Waals surface area contributed by atoms with Crippen LogP contribution in [-0.4, -0.2) is 34.8 Å². The number of non-ortho nitro benzene ring substituents is 1. The molecule has 10 nitrogen and oxygen atoms in total. The predicted molar refractivity (Wildman–Crippen MR) is 135 cm³/mol. The van der Waals surface area contributed by atoms with Crippen molar-refractivity contribution >= 4 is 17.4 Å². The van der Waals surface area contributed by atoms with Crippen LogP contribution in [0.1, 0.15) is 31.2 Å². The minimum Gasteiger partial charge on any atom is -0.338 e. The maximum Gasteiger partial charge on any atom is 0.269 e. The Morgan fingerprint density at radius 1 is 1.03 bits per heavy atom. The summed E-state index contributed by atoms with van der Waals surface area (Å²) >= 11 is 1.43. The van der Waals surface area contributed by atoms with Crippen molar-refractivity contribution in [2.24, 2.45) is 0 Å². The summed E-state index contributed by atoms with van der Waals surface area (Å²) in [5.41, 5.74) is 3.66. The molecule has 180 valence electrons. The number of nitro benzene ring substituents is 1. The summed E-state index contributed by atoms with van der Waals surface area (Å²) in [7, 11) is 0. The molecule has 5 aromatic rings. The lowest BCUT2D eigenvalue weighted by molar-refractivity contribution is -0.384. The molecule has 0 saturated carbocycles. The van der Waals surface area contributed by atoms with Crippen molar-refractivity contribution in [1.82, 2.24) is 29.9 Å². The smallest absolute Gasteiger partial charge is 0.269 e. The third kappa shape index (κ3) is 4.73. The molecule has 0 N–H and O–H groups in total. The van der Waals surface area contributed by atoms with E-state index in [-0.39, 0.29) is 5.69 Å². The third-order valence-corrected chi connectivity index (χ3v) is 6.40. The van der Waals surface area contributed by atoms with E-state index in [0.29, 0.717) is 39.9 Å².